The number of carbonyl (C=O) groups is 2. The zero-order valence-electron chi connectivity index (χ0n) is 17.4. The normalized spacial score (nSPS) is 14.8. The third-order valence-corrected chi connectivity index (χ3v) is 6.10. The number of nitrogens with zero attached hydrogens (tertiary/aromatic N) is 3. The summed E-state index contributed by atoms with van der Waals surface area (Å²) >= 11 is 1.36. The number of carbonyl (C=O) groups excluding carboxylic acids is 2. The summed E-state index contributed by atoms with van der Waals surface area (Å²) in [5.41, 5.74) is 3.53. The summed E-state index contributed by atoms with van der Waals surface area (Å²) in [4.78, 5) is 29.0. The molecule has 0 bridgehead atoms. The highest BCUT2D eigenvalue weighted by molar-refractivity contribution is 7.14. The van der Waals surface area contributed by atoms with Crippen LogP contribution in [0.4, 0.5) is 10.7 Å². The molecule has 1 aliphatic heterocycles. The maximum Gasteiger partial charge on any atom is 0.238 e. The molecule has 2 N–H and O–H groups in total. The van der Waals surface area contributed by atoms with Crippen LogP contribution in [0, 0.1) is 25.2 Å². The van der Waals surface area contributed by atoms with Crippen LogP contribution in [-0.2, 0) is 9.59 Å². The molecule has 2 heterocycles. The van der Waals surface area contributed by atoms with Crippen molar-refractivity contribution >= 4 is 33.8 Å². The summed E-state index contributed by atoms with van der Waals surface area (Å²) in [5, 5.41) is 17.3. The van der Waals surface area contributed by atoms with Crippen LogP contribution in [0.15, 0.2) is 29.6 Å². The van der Waals surface area contributed by atoms with Gasteiger partial charge in [-0.2, -0.15) is 5.26 Å². The quantitative estimate of drug-likeness (QED) is 0.712. The summed E-state index contributed by atoms with van der Waals surface area (Å²) in [7, 11) is 0. The Bertz CT molecular complexity index is 921. The van der Waals surface area contributed by atoms with Crippen LogP contribution in [0.25, 0.3) is 0 Å². The van der Waals surface area contributed by atoms with Gasteiger partial charge < -0.3 is 15.5 Å². The van der Waals surface area contributed by atoms with Gasteiger partial charge in [-0.25, -0.2) is 0 Å². The molecule has 158 valence electrons. The van der Waals surface area contributed by atoms with Gasteiger partial charge in [0, 0.05) is 44.8 Å². The van der Waals surface area contributed by atoms with E-state index < -0.39 is 0 Å². The van der Waals surface area contributed by atoms with Crippen molar-refractivity contribution in [2.45, 2.75) is 20.3 Å². The molecule has 1 aromatic carbocycles. The van der Waals surface area contributed by atoms with Crippen LogP contribution in [0.1, 0.15) is 23.1 Å². The molecule has 0 spiro atoms. The van der Waals surface area contributed by atoms with Gasteiger partial charge in [0.25, 0.3) is 0 Å². The van der Waals surface area contributed by atoms with Gasteiger partial charge in [-0.3, -0.25) is 14.5 Å². The number of hydrogen-bond acceptors (Lipinski definition) is 6. The summed E-state index contributed by atoms with van der Waals surface area (Å²) in [6.07, 6.45) is 0.385. The highest BCUT2D eigenvalue weighted by atomic mass is 32.1. The van der Waals surface area contributed by atoms with Crippen molar-refractivity contribution in [1.82, 2.24) is 9.80 Å². The Labute approximate surface area is 181 Å². The Hall–Kier alpha value is -2.73. The largest absolute Gasteiger partial charge is 0.324 e. The van der Waals surface area contributed by atoms with Crippen molar-refractivity contribution < 1.29 is 9.59 Å². The first-order chi connectivity index (χ1) is 14.5. The zero-order chi connectivity index (χ0) is 21.5. The fourth-order valence-electron chi connectivity index (χ4n) is 3.51. The lowest BCUT2D eigenvalue weighted by atomic mass is 10.1. The standard InChI is InChI=1S/C22H27N5O2S/c1-16-4-3-5-17(2)21(16)24-20(29)15-27-11-9-26(10-12-27)8-6-19(28)25-22-18(14-23)7-13-30-22/h3-5,7,13H,6,8-12,15H2,1-2H3,(H,24,29)(H,25,28). The average molecular weight is 426 g/mol. The number of thiophene rings is 1. The van der Waals surface area contributed by atoms with E-state index in [1.165, 1.54) is 11.3 Å². The van der Waals surface area contributed by atoms with Gasteiger partial charge in [0.05, 0.1) is 12.1 Å². The summed E-state index contributed by atoms with van der Waals surface area (Å²) in [5.74, 6) is -0.0752. The van der Waals surface area contributed by atoms with E-state index in [2.05, 4.69) is 26.5 Å². The number of rotatable bonds is 7. The molecule has 8 heteroatoms. The maximum absolute atomic E-state index is 12.4. The van der Waals surface area contributed by atoms with Crippen molar-refractivity contribution in [3.63, 3.8) is 0 Å². The maximum atomic E-state index is 12.4. The third kappa shape index (κ3) is 5.89. The van der Waals surface area contributed by atoms with Gasteiger partial charge in [0.2, 0.25) is 11.8 Å². The molecule has 7 nitrogen and oxygen atoms in total. The number of aryl methyl sites for hydroxylation is 2. The Kier molecular flexibility index (Phi) is 7.57. The van der Waals surface area contributed by atoms with Crippen LogP contribution in [-0.4, -0.2) is 60.9 Å². The van der Waals surface area contributed by atoms with Crippen molar-refractivity contribution in [3.8, 4) is 6.07 Å². The Balaban J connectivity index is 1.38. The molecule has 0 atom stereocenters. The summed E-state index contributed by atoms with van der Waals surface area (Å²) in [6, 6.07) is 9.76. The van der Waals surface area contributed by atoms with Crippen LogP contribution in [0.5, 0.6) is 0 Å². The van der Waals surface area contributed by atoms with E-state index in [0.29, 0.717) is 30.1 Å². The van der Waals surface area contributed by atoms with E-state index in [9.17, 15) is 9.59 Å². The van der Waals surface area contributed by atoms with Gasteiger partial charge in [-0.15, -0.1) is 11.3 Å². The second-order valence-electron chi connectivity index (χ2n) is 7.51. The van der Waals surface area contributed by atoms with Gasteiger partial charge in [-0.1, -0.05) is 18.2 Å². The number of nitriles is 1. The average Bonchev–Trinajstić information content (AvgIpc) is 3.17. The second-order valence-corrected chi connectivity index (χ2v) is 8.42. The van der Waals surface area contributed by atoms with Gasteiger partial charge in [-0.05, 0) is 36.4 Å². The smallest absolute Gasteiger partial charge is 0.238 e. The zero-order valence-corrected chi connectivity index (χ0v) is 18.2. The SMILES string of the molecule is Cc1cccc(C)c1NC(=O)CN1CCN(CCC(=O)Nc2sccc2C#N)CC1. The molecule has 2 amide bonds. The fraction of sp³-hybridized carbons (Fsp3) is 0.409. The van der Waals surface area contributed by atoms with Gasteiger partial charge in [0.1, 0.15) is 11.1 Å². The van der Waals surface area contributed by atoms with Gasteiger partial charge in [0.15, 0.2) is 0 Å². The minimum Gasteiger partial charge on any atom is -0.324 e. The number of para-hydroxylation sites is 1. The van der Waals surface area contributed by atoms with E-state index >= 15 is 0 Å². The Morgan fingerprint density at radius 1 is 1.03 bits per heavy atom. The molecular formula is C22H27N5O2S. The summed E-state index contributed by atoms with van der Waals surface area (Å²) < 4.78 is 0. The van der Waals surface area contributed by atoms with Crippen LogP contribution in [0.2, 0.25) is 0 Å². The van der Waals surface area contributed by atoms with Crippen LogP contribution < -0.4 is 10.6 Å². The Morgan fingerprint density at radius 2 is 1.70 bits per heavy atom. The molecule has 0 saturated carbocycles. The van der Waals surface area contributed by atoms with E-state index in [-0.39, 0.29) is 11.8 Å². The highest BCUT2D eigenvalue weighted by Gasteiger charge is 2.20. The lowest BCUT2D eigenvalue weighted by Crippen LogP contribution is -2.49. The molecular weight excluding hydrogens is 398 g/mol. The van der Waals surface area contributed by atoms with E-state index in [1.807, 2.05) is 32.0 Å². The summed E-state index contributed by atoms with van der Waals surface area (Å²) in [6.45, 7) is 8.28. The number of anilines is 2. The molecule has 1 aliphatic rings. The van der Waals surface area contributed by atoms with Crippen molar-refractivity contribution in [2.24, 2.45) is 0 Å². The van der Waals surface area contributed by atoms with Crippen LogP contribution >= 0.6 is 11.3 Å². The van der Waals surface area contributed by atoms with E-state index in [1.54, 1.807) is 11.4 Å². The minimum absolute atomic E-state index is 0.00414. The predicted molar refractivity (Wildman–Crippen MR) is 120 cm³/mol. The number of piperazine rings is 1. The predicted octanol–water partition coefficient (Wildman–Crippen LogP) is 2.82. The molecule has 1 saturated heterocycles. The van der Waals surface area contributed by atoms with Gasteiger partial charge >= 0.3 is 0 Å². The van der Waals surface area contributed by atoms with E-state index in [4.69, 9.17) is 5.26 Å². The minimum atomic E-state index is -0.0793. The molecule has 1 aromatic heterocycles. The topological polar surface area (TPSA) is 88.5 Å². The van der Waals surface area contributed by atoms with E-state index in [0.717, 1.165) is 43.0 Å². The second kappa shape index (κ2) is 10.3. The monoisotopic (exact) mass is 425 g/mol. The highest BCUT2D eigenvalue weighted by Crippen LogP contribution is 2.22. The number of amides is 2. The van der Waals surface area contributed by atoms with Crippen molar-refractivity contribution in [1.29, 1.82) is 5.26 Å². The molecule has 3 rings (SSSR count). The molecule has 0 radical (unpaired) electrons. The third-order valence-electron chi connectivity index (χ3n) is 5.27. The lowest BCUT2D eigenvalue weighted by molar-refractivity contribution is -0.117. The number of hydrogen-bond donors (Lipinski definition) is 2. The molecule has 2 aromatic rings. The molecule has 1 fully saturated rings. The number of nitrogens with one attached hydrogen (secondary N) is 2. The first-order valence-corrected chi connectivity index (χ1v) is 10.9. The molecule has 0 unspecified atom stereocenters. The number of benzene rings is 1. The first kappa shape index (κ1) is 22.0. The molecule has 30 heavy (non-hydrogen) atoms. The van der Waals surface area contributed by atoms with Crippen molar-refractivity contribution in [3.05, 3.63) is 46.3 Å². The molecule has 0 aliphatic carbocycles. The van der Waals surface area contributed by atoms with Crippen LogP contribution in [0.3, 0.4) is 0 Å². The Morgan fingerprint density at radius 3 is 2.37 bits per heavy atom. The first-order valence-electron chi connectivity index (χ1n) is 10.0. The lowest BCUT2D eigenvalue weighted by Gasteiger charge is -2.34. The van der Waals surface area contributed by atoms with Crippen molar-refractivity contribution in [2.75, 3.05) is 49.9 Å². The fourth-order valence-corrected chi connectivity index (χ4v) is 4.26.